The van der Waals surface area contributed by atoms with E-state index in [-0.39, 0.29) is 17.9 Å². The summed E-state index contributed by atoms with van der Waals surface area (Å²) in [6.45, 7) is -1.04. The number of halogens is 1. The van der Waals surface area contributed by atoms with Gasteiger partial charge in [0.25, 0.3) is 5.91 Å². The number of benzene rings is 2. The summed E-state index contributed by atoms with van der Waals surface area (Å²) in [5.74, 6) is -3.04. The molecule has 1 aromatic heterocycles. The highest BCUT2D eigenvalue weighted by atomic mass is 19.1. The molecule has 1 heterocycles. The van der Waals surface area contributed by atoms with Gasteiger partial charge < -0.3 is 19.8 Å². The number of esters is 1. The number of ether oxygens (including phenoxy) is 1. The molecule has 148 valence electrons. The Morgan fingerprint density at radius 3 is 2.48 bits per heavy atom. The van der Waals surface area contributed by atoms with E-state index in [9.17, 15) is 23.6 Å². The minimum Gasteiger partial charge on any atom is -0.450 e. The molecule has 3 aromatic rings. The lowest BCUT2D eigenvalue weighted by atomic mass is 10.2. The average Bonchev–Trinajstić information content (AvgIpc) is 2.72. The lowest BCUT2D eigenvalue weighted by Crippen LogP contribution is -2.35. The molecule has 0 atom stereocenters. The second kappa shape index (κ2) is 8.79. The molecule has 0 radical (unpaired) electrons. The lowest BCUT2D eigenvalue weighted by Gasteiger charge is -2.08. The van der Waals surface area contributed by atoms with E-state index in [1.165, 1.54) is 30.3 Å². The quantitative estimate of drug-likeness (QED) is 0.613. The number of rotatable bonds is 6. The lowest BCUT2D eigenvalue weighted by molar-refractivity contribution is -0.126. The molecule has 2 amide bonds. The Morgan fingerprint density at radius 2 is 1.72 bits per heavy atom. The standard InChI is InChI=1S/C20H15FN2O6/c21-12-5-7-13(8-6-12)23-18(25)10-22-19(26)11-28-20(27)17-9-15(24)14-3-1-2-4-16(14)29-17/h1-9H,10-11H2,(H,22,26)(H,23,25). The van der Waals surface area contributed by atoms with Crippen LogP contribution in [0.1, 0.15) is 10.6 Å². The maximum Gasteiger partial charge on any atom is 0.374 e. The fourth-order valence-electron chi connectivity index (χ4n) is 2.38. The SMILES string of the molecule is O=C(COC(=O)c1cc(=O)c2ccccc2o1)NCC(=O)Nc1ccc(F)cc1. The van der Waals surface area contributed by atoms with Crippen molar-refractivity contribution in [2.24, 2.45) is 0 Å². The summed E-state index contributed by atoms with van der Waals surface area (Å²) in [4.78, 5) is 47.5. The molecular weight excluding hydrogens is 383 g/mol. The number of hydrogen-bond acceptors (Lipinski definition) is 6. The Labute approximate surface area is 163 Å². The van der Waals surface area contributed by atoms with E-state index in [1.54, 1.807) is 18.2 Å². The molecule has 8 nitrogen and oxygen atoms in total. The van der Waals surface area contributed by atoms with E-state index in [0.29, 0.717) is 11.1 Å². The van der Waals surface area contributed by atoms with Gasteiger partial charge in [0, 0.05) is 11.8 Å². The van der Waals surface area contributed by atoms with Crippen molar-refractivity contribution in [2.75, 3.05) is 18.5 Å². The normalized spacial score (nSPS) is 10.4. The van der Waals surface area contributed by atoms with Gasteiger partial charge in [0.15, 0.2) is 12.0 Å². The minimum absolute atomic E-state index is 0.217. The van der Waals surface area contributed by atoms with Gasteiger partial charge in [-0.05, 0) is 36.4 Å². The molecule has 2 N–H and O–H groups in total. The van der Waals surface area contributed by atoms with Crippen LogP contribution < -0.4 is 16.1 Å². The largest absolute Gasteiger partial charge is 0.450 e. The second-order valence-electron chi connectivity index (χ2n) is 5.88. The topological polar surface area (TPSA) is 115 Å². The third kappa shape index (κ3) is 5.25. The van der Waals surface area contributed by atoms with E-state index < -0.39 is 35.6 Å². The van der Waals surface area contributed by atoms with Crippen LogP contribution in [0.4, 0.5) is 10.1 Å². The first-order chi connectivity index (χ1) is 13.9. The molecule has 0 aliphatic carbocycles. The Bertz CT molecular complexity index is 1120. The molecule has 0 aliphatic heterocycles. The first-order valence-corrected chi connectivity index (χ1v) is 8.44. The van der Waals surface area contributed by atoms with Gasteiger partial charge >= 0.3 is 5.97 Å². The maximum atomic E-state index is 12.8. The van der Waals surface area contributed by atoms with E-state index in [4.69, 9.17) is 9.15 Å². The summed E-state index contributed by atoms with van der Waals surface area (Å²) in [5, 5.41) is 5.04. The molecule has 2 aromatic carbocycles. The molecule has 29 heavy (non-hydrogen) atoms. The molecule has 0 fully saturated rings. The zero-order chi connectivity index (χ0) is 20.8. The van der Waals surface area contributed by atoms with Gasteiger partial charge in [-0.25, -0.2) is 9.18 Å². The fraction of sp³-hybridized carbons (Fsp3) is 0.100. The Hall–Kier alpha value is -4.01. The molecule has 0 saturated carbocycles. The molecule has 0 aliphatic rings. The van der Waals surface area contributed by atoms with E-state index in [0.717, 1.165) is 6.07 Å². The van der Waals surface area contributed by atoms with Crippen LogP contribution in [0.25, 0.3) is 11.0 Å². The number of fused-ring (bicyclic) bond motifs is 1. The van der Waals surface area contributed by atoms with Gasteiger partial charge in [-0.15, -0.1) is 0 Å². The molecular formula is C20H15FN2O6. The third-order valence-corrected chi connectivity index (χ3v) is 3.74. The van der Waals surface area contributed by atoms with Gasteiger partial charge in [-0.2, -0.15) is 0 Å². The summed E-state index contributed by atoms with van der Waals surface area (Å²) >= 11 is 0. The monoisotopic (exact) mass is 398 g/mol. The van der Waals surface area contributed by atoms with Crippen molar-refractivity contribution >= 4 is 34.4 Å². The van der Waals surface area contributed by atoms with Crippen molar-refractivity contribution in [3.63, 3.8) is 0 Å². The maximum absolute atomic E-state index is 12.8. The number of carbonyl (C=O) groups is 3. The van der Waals surface area contributed by atoms with Gasteiger partial charge in [-0.3, -0.25) is 14.4 Å². The molecule has 0 spiro atoms. The fourth-order valence-corrected chi connectivity index (χ4v) is 2.38. The van der Waals surface area contributed by atoms with Crippen LogP contribution >= 0.6 is 0 Å². The predicted molar refractivity (Wildman–Crippen MR) is 101 cm³/mol. The summed E-state index contributed by atoms with van der Waals surface area (Å²) in [6.07, 6.45) is 0. The van der Waals surface area contributed by atoms with Crippen molar-refractivity contribution in [3.8, 4) is 0 Å². The Kier molecular flexibility index (Phi) is 5.98. The van der Waals surface area contributed by atoms with Crippen LogP contribution in [0.2, 0.25) is 0 Å². The Balaban J connectivity index is 1.49. The van der Waals surface area contributed by atoms with Gasteiger partial charge in [-0.1, -0.05) is 12.1 Å². The van der Waals surface area contributed by atoms with Crippen LogP contribution in [0, 0.1) is 5.82 Å². The second-order valence-corrected chi connectivity index (χ2v) is 5.88. The number of hydrogen-bond donors (Lipinski definition) is 2. The van der Waals surface area contributed by atoms with Gasteiger partial charge in [0.1, 0.15) is 11.4 Å². The number of amides is 2. The summed E-state index contributed by atoms with van der Waals surface area (Å²) < 4.78 is 22.9. The molecule has 0 saturated heterocycles. The Morgan fingerprint density at radius 1 is 1.00 bits per heavy atom. The number of carbonyl (C=O) groups excluding carboxylic acids is 3. The highest BCUT2D eigenvalue weighted by molar-refractivity contribution is 5.95. The summed E-state index contributed by atoms with van der Waals surface area (Å²) in [5.41, 5.74) is 0.165. The minimum atomic E-state index is -0.987. The number of nitrogens with one attached hydrogen (secondary N) is 2. The van der Waals surface area contributed by atoms with Crippen LogP contribution in [-0.2, 0) is 14.3 Å². The van der Waals surface area contributed by atoms with E-state index in [1.807, 2.05) is 0 Å². The van der Waals surface area contributed by atoms with E-state index in [2.05, 4.69) is 10.6 Å². The highest BCUT2D eigenvalue weighted by Crippen LogP contribution is 2.12. The molecule has 3 rings (SSSR count). The number of anilines is 1. The first-order valence-electron chi connectivity index (χ1n) is 8.44. The third-order valence-electron chi connectivity index (χ3n) is 3.74. The van der Waals surface area contributed by atoms with Crippen LogP contribution in [0.3, 0.4) is 0 Å². The van der Waals surface area contributed by atoms with Crippen molar-refractivity contribution in [2.45, 2.75) is 0 Å². The van der Waals surface area contributed by atoms with Crippen LogP contribution in [0.15, 0.2) is 63.8 Å². The summed E-state index contributed by atoms with van der Waals surface area (Å²) in [6, 6.07) is 12.5. The number of para-hydroxylation sites is 1. The van der Waals surface area contributed by atoms with Gasteiger partial charge in [0.2, 0.25) is 11.7 Å². The smallest absolute Gasteiger partial charge is 0.374 e. The predicted octanol–water partition coefficient (Wildman–Crippen LogP) is 1.84. The summed E-state index contributed by atoms with van der Waals surface area (Å²) in [7, 11) is 0. The highest BCUT2D eigenvalue weighted by Gasteiger charge is 2.15. The molecule has 0 bridgehead atoms. The molecule has 9 heteroatoms. The van der Waals surface area contributed by atoms with Crippen LogP contribution in [0.5, 0.6) is 0 Å². The van der Waals surface area contributed by atoms with Crippen molar-refractivity contribution in [1.82, 2.24) is 5.32 Å². The van der Waals surface area contributed by atoms with Crippen LogP contribution in [-0.4, -0.2) is 30.9 Å². The van der Waals surface area contributed by atoms with Crippen molar-refractivity contribution in [3.05, 3.63) is 76.4 Å². The molecule has 0 unspecified atom stereocenters. The first kappa shape index (κ1) is 19.7. The van der Waals surface area contributed by atoms with Crippen molar-refractivity contribution < 1.29 is 27.9 Å². The average molecular weight is 398 g/mol. The van der Waals surface area contributed by atoms with Crippen molar-refractivity contribution in [1.29, 1.82) is 0 Å². The van der Waals surface area contributed by atoms with Gasteiger partial charge in [0.05, 0.1) is 11.9 Å². The van der Waals surface area contributed by atoms with E-state index >= 15 is 0 Å². The zero-order valence-electron chi connectivity index (χ0n) is 14.9. The zero-order valence-corrected chi connectivity index (χ0v) is 14.9.